The number of nitrogens with zero attached hydrogens (tertiary/aromatic N) is 2. The molecule has 2 saturated heterocycles. The number of likely N-dealkylation sites (tertiary alicyclic amines) is 1. The number of benzene rings is 1. The number of rotatable bonds is 7. The second kappa shape index (κ2) is 8.83. The van der Waals surface area contributed by atoms with Crippen molar-refractivity contribution in [3.63, 3.8) is 0 Å². The number of hydrogen-bond acceptors (Lipinski definition) is 6. The van der Waals surface area contributed by atoms with Crippen LogP contribution in [0.3, 0.4) is 0 Å². The van der Waals surface area contributed by atoms with Crippen molar-refractivity contribution >= 4 is 27.6 Å². The Morgan fingerprint density at radius 3 is 2.25 bits per heavy atom. The fraction of sp³-hybridized carbons (Fsp3) is 0.526. The van der Waals surface area contributed by atoms with Gasteiger partial charge < -0.3 is 5.32 Å². The Morgan fingerprint density at radius 2 is 1.64 bits per heavy atom. The fourth-order valence-corrected chi connectivity index (χ4v) is 4.80. The van der Waals surface area contributed by atoms with Crippen LogP contribution in [0.1, 0.15) is 30.9 Å². The van der Waals surface area contributed by atoms with E-state index >= 15 is 0 Å². The van der Waals surface area contributed by atoms with Gasteiger partial charge in [-0.2, -0.15) is 0 Å². The molecule has 1 N–H and O–H groups in total. The minimum atomic E-state index is -3.04. The standard InChI is InChI=1S/C19H25N3O5S/c23-16-7-8-17(24)22(16)10-4-9-20-19(25)18(15-5-2-1-3-6-15)21-11-13-28(26,27)14-12-21/h1-3,5-6,18H,4,7-14H2,(H,20,25). The van der Waals surface area contributed by atoms with Crippen LogP contribution in [-0.4, -0.2) is 73.6 Å². The first-order chi connectivity index (χ1) is 13.4. The van der Waals surface area contributed by atoms with E-state index in [1.165, 1.54) is 4.90 Å². The molecule has 1 unspecified atom stereocenters. The zero-order valence-corrected chi connectivity index (χ0v) is 16.5. The third-order valence-corrected chi connectivity index (χ3v) is 6.73. The minimum Gasteiger partial charge on any atom is -0.354 e. The minimum absolute atomic E-state index is 0.0444. The quantitative estimate of drug-likeness (QED) is 0.508. The van der Waals surface area contributed by atoms with E-state index in [4.69, 9.17) is 0 Å². The molecule has 8 nitrogen and oxygen atoms in total. The summed E-state index contributed by atoms with van der Waals surface area (Å²) >= 11 is 0. The second-order valence-corrected chi connectivity index (χ2v) is 9.39. The van der Waals surface area contributed by atoms with Crippen LogP contribution < -0.4 is 5.32 Å². The molecule has 152 valence electrons. The zero-order valence-electron chi connectivity index (χ0n) is 15.7. The number of carbonyl (C=O) groups excluding carboxylic acids is 3. The van der Waals surface area contributed by atoms with Crippen LogP contribution >= 0.6 is 0 Å². The maximum absolute atomic E-state index is 12.9. The second-order valence-electron chi connectivity index (χ2n) is 7.08. The molecule has 3 amide bonds. The van der Waals surface area contributed by atoms with E-state index in [0.717, 1.165) is 5.56 Å². The molecule has 2 aliphatic heterocycles. The summed E-state index contributed by atoms with van der Waals surface area (Å²) in [5.74, 6) is -0.434. The van der Waals surface area contributed by atoms with Crippen LogP contribution in [0.5, 0.6) is 0 Å². The van der Waals surface area contributed by atoms with Crippen LogP contribution in [0.4, 0.5) is 0 Å². The van der Waals surface area contributed by atoms with Gasteiger partial charge in [-0.3, -0.25) is 24.2 Å². The van der Waals surface area contributed by atoms with Crippen molar-refractivity contribution in [1.29, 1.82) is 0 Å². The van der Waals surface area contributed by atoms with E-state index in [1.807, 2.05) is 35.2 Å². The van der Waals surface area contributed by atoms with Gasteiger partial charge >= 0.3 is 0 Å². The molecule has 0 aliphatic carbocycles. The first-order valence-electron chi connectivity index (χ1n) is 9.48. The summed E-state index contributed by atoms with van der Waals surface area (Å²) in [7, 11) is -3.04. The molecule has 0 bridgehead atoms. The predicted octanol–water partition coefficient (Wildman–Crippen LogP) is 0.113. The first-order valence-corrected chi connectivity index (χ1v) is 11.3. The summed E-state index contributed by atoms with van der Waals surface area (Å²) in [5, 5.41) is 2.87. The summed E-state index contributed by atoms with van der Waals surface area (Å²) in [4.78, 5) is 39.3. The van der Waals surface area contributed by atoms with Crippen LogP contribution in [0, 0.1) is 0 Å². The molecular weight excluding hydrogens is 382 g/mol. The van der Waals surface area contributed by atoms with Gasteiger partial charge in [0.2, 0.25) is 17.7 Å². The summed E-state index contributed by atoms with van der Waals surface area (Å²) in [5.41, 5.74) is 0.809. The maximum atomic E-state index is 12.9. The molecule has 1 atom stereocenters. The molecule has 3 rings (SSSR count). The lowest BCUT2D eigenvalue weighted by atomic mass is 10.0. The summed E-state index contributed by atoms with van der Waals surface area (Å²) in [6, 6.07) is 8.71. The largest absolute Gasteiger partial charge is 0.354 e. The normalized spacial score (nSPS) is 20.9. The number of carbonyl (C=O) groups is 3. The van der Waals surface area contributed by atoms with E-state index in [2.05, 4.69) is 5.32 Å². The summed E-state index contributed by atoms with van der Waals surface area (Å²) < 4.78 is 23.5. The van der Waals surface area contributed by atoms with Gasteiger partial charge in [-0.15, -0.1) is 0 Å². The van der Waals surface area contributed by atoms with Gasteiger partial charge in [0.05, 0.1) is 11.5 Å². The van der Waals surface area contributed by atoms with Crippen LogP contribution in [0.15, 0.2) is 30.3 Å². The number of nitrogens with one attached hydrogen (secondary N) is 1. The van der Waals surface area contributed by atoms with Crippen molar-refractivity contribution in [2.45, 2.75) is 25.3 Å². The van der Waals surface area contributed by atoms with E-state index < -0.39 is 15.9 Å². The average molecular weight is 407 g/mol. The van der Waals surface area contributed by atoms with E-state index in [1.54, 1.807) is 0 Å². The molecule has 0 saturated carbocycles. The van der Waals surface area contributed by atoms with Crippen molar-refractivity contribution < 1.29 is 22.8 Å². The highest BCUT2D eigenvalue weighted by Crippen LogP contribution is 2.23. The molecular formula is C19H25N3O5S. The highest BCUT2D eigenvalue weighted by atomic mass is 32.2. The van der Waals surface area contributed by atoms with Crippen LogP contribution in [0.2, 0.25) is 0 Å². The number of amides is 3. The topological polar surface area (TPSA) is 104 Å². The number of sulfone groups is 1. The molecule has 0 spiro atoms. The van der Waals surface area contributed by atoms with Gasteiger partial charge in [-0.05, 0) is 12.0 Å². The monoisotopic (exact) mass is 407 g/mol. The zero-order chi connectivity index (χ0) is 20.1. The molecule has 2 fully saturated rings. The van der Waals surface area contributed by atoms with E-state index in [-0.39, 0.29) is 42.1 Å². The number of imide groups is 1. The van der Waals surface area contributed by atoms with Crippen molar-refractivity contribution in [3.05, 3.63) is 35.9 Å². The lowest BCUT2D eigenvalue weighted by Gasteiger charge is -2.33. The Kier molecular flexibility index (Phi) is 6.46. The third kappa shape index (κ3) is 4.96. The lowest BCUT2D eigenvalue weighted by Crippen LogP contribution is -2.47. The Hall–Kier alpha value is -2.26. The Bertz CT molecular complexity index is 810. The number of hydrogen-bond donors (Lipinski definition) is 1. The molecule has 0 aromatic heterocycles. The van der Waals surface area contributed by atoms with Gasteiger partial charge in [0, 0.05) is 39.0 Å². The molecule has 2 heterocycles. The molecule has 9 heteroatoms. The van der Waals surface area contributed by atoms with Gasteiger partial charge in [-0.1, -0.05) is 30.3 Å². The summed E-state index contributed by atoms with van der Waals surface area (Å²) in [6.07, 6.45) is 1.01. The smallest absolute Gasteiger partial charge is 0.241 e. The molecule has 0 radical (unpaired) electrons. The van der Waals surface area contributed by atoms with Crippen molar-refractivity contribution in [3.8, 4) is 0 Å². The van der Waals surface area contributed by atoms with E-state index in [0.29, 0.717) is 32.6 Å². The third-order valence-electron chi connectivity index (χ3n) is 5.12. The van der Waals surface area contributed by atoms with Gasteiger partial charge in [0.25, 0.3) is 0 Å². The van der Waals surface area contributed by atoms with Gasteiger partial charge in [0.1, 0.15) is 6.04 Å². The fourth-order valence-electron chi connectivity index (χ4n) is 3.57. The molecule has 2 aliphatic rings. The average Bonchev–Trinajstić information content (AvgIpc) is 2.99. The summed E-state index contributed by atoms with van der Waals surface area (Å²) in [6.45, 7) is 1.26. The van der Waals surface area contributed by atoms with Gasteiger partial charge in [0.15, 0.2) is 9.84 Å². The van der Waals surface area contributed by atoms with E-state index in [9.17, 15) is 22.8 Å². The van der Waals surface area contributed by atoms with Crippen LogP contribution in [-0.2, 0) is 24.2 Å². The Balaban J connectivity index is 1.59. The molecule has 1 aromatic rings. The Labute approximate surface area is 164 Å². The van der Waals surface area contributed by atoms with Crippen LogP contribution in [0.25, 0.3) is 0 Å². The lowest BCUT2D eigenvalue weighted by molar-refractivity contribution is -0.138. The highest BCUT2D eigenvalue weighted by molar-refractivity contribution is 7.91. The SMILES string of the molecule is O=C(NCCCN1C(=O)CCC1=O)C(c1ccccc1)N1CCS(=O)(=O)CC1. The molecule has 28 heavy (non-hydrogen) atoms. The maximum Gasteiger partial charge on any atom is 0.241 e. The highest BCUT2D eigenvalue weighted by Gasteiger charge is 2.32. The van der Waals surface area contributed by atoms with Crippen molar-refractivity contribution in [1.82, 2.24) is 15.1 Å². The Morgan fingerprint density at radius 1 is 1.04 bits per heavy atom. The predicted molar refractivity (Wildman–Crippen MR) is 103 cm³/mol. The molecule has 1 aromatic carbocycles. The van der Waals surface area contributed by atoms with Crippen molar-refractivity contribution in [2.75, 3.05) is 37.7 Å². The van der Waals surface area contributed by atoms with Crippen molar-refractivity contribution in [2.24, 2.45) is 0 Å². The van der Waals surface area contributed by atoms with Gasteiger partial charge in [-0.25, -0.2) is 8.42 Å². The first kappa shape index (κ1) is 20.5.